The molecule has 1 aromatic carbocycles. The average Bonchev–Trinajstić information content (AvgIpc) is 2.53. The number of hydrogen-bond acceptors (Lipinski definition) is 2. The van der Waals surface area contributed by atoms with Gasteiger partial charge in [0.1, 0.15) is 0 Å². The van der Waals surface area contributed by atoms with Crippen molar-refractivity contribution in [3.05, 3.63) is 34.9 Å². The van der Waals surface area contributed by atoms with Gasteiger partial charge in [-0.1, -0.05) is 18.2 Å². The summed E-state index contributed by atoms with van der Waals surface area (Å²) in [5.74, 6) is 0.203. The number of benzene rings is 1. The van der Waals surface area contributed by atoms with E-state index in [1.807, 2.05) is 0 Å². The molecule has 1 unspecified atom stereocenters. The zero-order valence-corrected chi connectivity index (χ0v) is 13.8. The van der Waals surface area contributed by atoms with Gasteiger partial charge >= 0.3 is 0 Å². The van der Waals surface area contributed by atoms with E-state index < -0.39 is 0 Å². The molecule has 1 heterocycles. The van der Waals surface area contributed by atoms with Crippen LogP contribution in [0.1, 0.15) is 48.8 Å². The second kappa shape index (κ2) is 6.41. The molecule has 1 saturated carbocycles. The minimum Gasteiger partial charge on any atom is -0.381 e. The molecule has 3 nitrogen and oxygen atoms in total. The van der Waals surface area contributed by atoms with E-state index in [-0.39, 0.29) is 5.91 Å². The molecule has 1 aromatic rings. The van der Waals surface area contributed by atoms with E-state index in [1.165, 1.54) is 23.1 Å². The molecular weight excluding hydrogens is 274 g/mol. The molecule has 0 aromatic heterocycles. The summed E-state index contributed by atoms with van der Waals surface area (Å²) in [4.78, 5) is 12.3. The molecular formula is C19H27NO2. The number of ether oxygens (including phenoxy) is 1. The van der Waals surface area contributed by atoms with Crippen molar-refractivity contribution in [2.45, 2.75) is 58.4 Å². The Morgan fingerprint density at radius 1 is 1.23 bits per heavy atom. The summed E-state index contributed by atoms with van der Waals surface area (Å²) in [6.07, 6.45) is 6.01. The smallest absolute Gasteiger partial charge is 0.220 e. The number of carbonyl (C=O) groups excluding carboxylic acids is 1. The highest BCUT2D eigenvalue weighted by atomic mass is 16.5. The molecule has 3 rings (SSSR count). The van der Waals surface area contributed by atoms with Gasteiger partial charge in [-0.05, 0) is 68.1 Å². The van der Waals surface area contributed by atoms with Crippen LogP contribution in [0.4, 0.5) is 0 Å². The van der Waals surface area contributed by atoms with Gasteiger partial charge in [0.15, 0.2) is 0 Å². The zero-order chi connectivity index (χ0) is 15.6. The van der Waals surface area contributed by atoms with Gasteiger partial charge in [0.25, 0.3) is 0 Å². The van der Waals surface area contributed by atoms with Gasteiger partial charge in [0, 0.05) is 25.7 Å². The van der Waals surface area contributed by atoms with Crippen LogP contribution in [0.5, 0.6) is 0 Å². The predicted octanol–water partition coefficient (Wildman–Crippen LogP) is 3.31. The second-order valence-corrected chi connectivity index (χ2v) is 7.05. The molecule has 22 heavy (non-hydrogen) atoms. The number of hydrogen-bond donors (Lipinski definition) is 1. The van der Waals surface area contributed by atoms with E-state index in [0.717, 1.165) is 38.9 Å². The van der Waals surface area contributed by atoms with Gasteiger partial charge in [0.05, 0.1) is 0 Å². The van der Waals surface area contributed by atoms with Gasteiger partial charge in [-0.2, -0.15) is 0 Å². The van der Waals surface area contributed by atoms with Crippen LogP contribution in [-0.4, -0.2) is 25.2 Å². The Kier molecular flexibility index (Phi) is 4.53. The number of amides is 1. The summed E-state index contributed by atoms with van der Waals surface area (Å²) in [5, 5.41) is 3.28. The van der Waals surface area contributed by atoms with Crippen molar-refractivity contribution in [1.82, 2.24) is 5.32 Å². The molecule has 3 heteroatoms. The SMILES string of the molecule is Cc1ccc(CCC(=O)NC2CCC23CCOCC3)cc1C. The molecule has 2 fully saturated rings. The summed E-state index contributed by atoms with van der Waals surface area (Å²) in [6, 6.07) is 6.86. The summed E-state index contributed by atoms with van der Waals surface area (Å²) >= 11 is 0. The molecule has 0 bridgehead atoms. The van der Waals surface area contributed by atoms with E-state index in [4.69, 9.17) is 4.74 Å². The van der Waals surface area contributed by atoms with Crippen molar-refractivity contribution in [3.63, 3.8) is 0 Å². The van der Waals surface area contributed by atoms with Crippen LogP contribution in [0.25, 0.3) is 0 Å². The maximum atomic E-state index is 12.3. The Bertz CT molecular complexity index is 546. The quantitative estimate of drug-likeness (QED) is 0.926. The van der Waals surface area contributed by atoms with E-state index in [2.05, 4.69) is 37.4 Å². The van der Waals surface area contributed by atoms with Crippen LogP contribution in [0.2, 0.25) is 0 Å². The van der Waals surface area contributed by atoms with Crippen LogP contribution in [0.3, 0.4) is 0 Å². The molecule has 1 aliphatic carbocycles. The molecule has 1 spiro atoms. The first-order valence-electron chi connectivity index (χ1n) is 8.52. The molecule has 0 radical (unpaired) electrons. The number of aryl methyl sites for hydroxylation is 3. The largest absolute Gasteiger partial charge is 0.381 e. The first kappa shape index (κ1) is 15.5. The lowest BCUT2D eigenvalue weighted by atomic mass is 9.60. The van der Waals surface area contributed by atoms with Gasteiger partial charge in [-0.3, -0.25) is 4.79 Å². The van der Waals surface area contributed by atoms with Gasteiger partial charge in [-0.25, -0.2) is 0 Å². The summed E-state index contributed by atoms with van der Waals surface area (Å²) in [6.45, 7) is 5.96. The normalized spacial score (nSPS) is 23.1. The fourth-order valence-corrected chi connectivity index (χ4v) is 3.78. The number of carbonyl (C=O) groups is 1. The van der Waals surface area contributed by atoms with Gasteiger partial charge in [0.2, 0.25) is 5.91 Å². The van der Waals surface area contributed by atoms with Crippen molar-refractivity contribution in [3.8, 4) is 0 Å². The summed E-state index contributed by atoms with van der Waals surface area (Å²) in [7, 11) is 0. The Labute approximate surface area is 133 Å². The molecule has 1 saturated heterocycles. The highest BCUT2D eigenvalue weighted by Crippen LogP contribution is 2.48. The molecule has 1 N–H and O–H groups in total. The van der Waals surface area contributed by atoms with E-state index >= 15 is 0 Å². The lowest BCUT2D eigenvalue weighted by molar-refractivity contribution is -0.127. The maximum Gasteiger partial charge on any atom is 0.220 e. The van der Waals surface area contributed by atoms with Crippen LogP contribution in [-0.2, 0) is 16.0 Å². The van der Waals surface area contributed by atoms with Crippen molar-refractivity contribution >= 4 is 5.91 Å². The van der Waals surface area contributed by atoms with E-state index in [1.54, 1.807) is 0 Å². The predicted molar refractivity (Wildman–Crippen MR) is 87.9 cm³/mol. The Morgan fingerprint density at radius 2 is 2.00 bits per heavy atom. The third-order valence-electron chi connectivity index (χ3n) is 5.71. The minimum absolute atomic E-state index is 0.203. The summed E-state index contributed by atoms with van der Waals surface area (Å²) in [5.41, 5.74) is 4.21. The van der Waals surface area contributed by atoms with Gasteiger partial charge in [-0.15, -0.1) is 0 Å². The fraction of sp³-hybridized carbons (Fsp3) is 0.632. The lowest BCUT2D eigenvalue weighted by Gasteiger charge is -2.52. The van der Waals surface area contributed by atoms with Crippen molar-refractivity contribution in [2.75, 3.05) is 13.2 Å². The third-order valence-corrected chi connectivity index (χ3v) is 5.71. The topological polar surface area (TPSA) is 38.3 Å². The monoisotopic (exact) mass is 301 g/mol. The average molecular weight is 301 g/mol. The van der Waals surface area contributed by atoms with Crippen molar-refractivity contribution < 1.29 is 9.53 Å². The van der Waals surface area contributed by atoms with Crippen LogP contribution in [0, 0.1) is 19.3 Å². The molecule has 1 aliphatic heterocycles. The third kappa shape index (κ3) is 3.19. The number of nitrogens with one attached hydrogen (secondary N) is 1. The van der Waals surface area contributed by atoms with Gasteiger partial charge < -0.3 is 10.1 Å². The van der Waals surface area contributed by atoms with Crippen LogP contribution >= 0.6 is 0 Å². The second-order valence-electron chi connectivity index (χ2n) is 7.05. The first-order chi connectivity index (χ1) is 10.6. The van der Waals surface area contributed by atoms with Crippen LogP contribution in [0.15, 0.2) is 18.2 Å². The fourth-order valence-electron chi connectivity index (χ4n) is 3.78. The lowest BCUT2D eigenvalue weighted by Crippen LogP contribution is -2.57. The summed E-state index contributed by atoms with van der Waals surface area (Å²) < 4.78 is 5.47. The molecule has 1 atom stereocenters. The Balaban J connectivity index is 1.49. The first-order valence-corrected chi connectivity index (χ1v) is 8.52. The van der Waals surface area contributed by atoms with E-state index in [0.29, 0.717) is 17.9 Å². The Morgan fingerprint density at radius 3 is 2.64 bits per heavy atom. The van der Waals surface area contributed by atoms with E-state index in [9.17, 15) is 4.79 Å². The van der Waals surface area contributed by atoms with Crippen molar-refractivity contribution in [1.29, 1.82) is 0 Å². The standard InChI is InChI=1S/C19H27NO2/c1-14-3-4-16(13-15(14)2)5-6-18(21)20-17-7-8-19(17)9-11-22-12-10-19/h3-4,13,17H,5-12H2,1-2H3,(H,20,21). The molecule has 2 aliphatic rings. The highest BCUT2D eigenvalue weighted by molar-refractivity contribution is 5.76. The Hall–Kier alpha value is -1.35. The highest BCUT2D eigenvalue weighted by Gasteiger charge is 2.47. The minimum atomic E-state index is 0.203. The maximum absolute atomic E-state index is 12.3. The molecule has 1 amide bonds. The number of rotatable bonds is 4. The molecule has 120 valence electrons. The van der Waals surface area contributed by atoms with Crippen LogP contribution < -0.4 is 5.32 Å². The van der Waals surface area contributed by atoms with Crippen molar-refractivity contribution in [2.24, 2.45) is 5.41 Å². The zero-order valence-electron chi connectivity index (χ0n) is 13.8.